The van der Waals surface area contributed by atoms with E-state index < -0.39 is 5.97 Å². The van der Waals surface area contributed by atoms with Gasteiger partial charge in [0.2, 0.25) is 0 Å². The number of hydrogen-bond donors (Lipinski definition) is 2. The Hall–Kier alpha value is -3.12. The molecule has 1 heterocycles. The predicted molar refractivity (Wildman–Crippen MR) is 102 cm³/mol. The number of thiophene rings is 1. The molecule has 0 aliphatic heterocycles. The van der Waals surface area contributed by atoms with Gasteiger partial charge in [0, 0.05) is 16.5 Å². The van der Waals surface area contributed by atoms with Crippen LogP contribution < -0.4 is 10.1 Å². The minimum atomic E-state index is -1.09. The summed E-state index contributed by atoms with van der Waals surface area (Å²) in [7, 11) is 1.57. The number of ether oxygens (including phenoxy) is 1. The second-order valence-corrected chi connectivity index (χ2v) is 6.59. The minimum Gasteiger partial charge on any atom is -0.497 e. The zero-order valence-electron chi connectivity index (χ0n) is 14.3. The van der Waals surface area contributed by atoms with Gasteiger partial charge in [0.05, 0.1) is 7.11 Å². The van der Waals surface area contributed by atoms with Crippen LogP contribution >= 0.6 is 11.3 Å². The third kappa shape index (κ3) is 3.60. The third-order valence-corrected chi connectivity index (χ3v) is 4.84. The summed E-state index contributed by atoms with van der Waals surface area (Å²) in [6.45, 7) is 1.94. The van der Waals surface area contributed by atoms with Crippen LogP contribution in [0.3, 0.4) is 0 Å². The molecule has 0 atom stereocenters. The van der Waals surface area contributed by atoms with E-state index in [0.29, 0.717) is 21.9 Å². The maximum absolute atomic E-state index is 12.4. The van der Waals surface area contributed by atoms with Crippen molar-refractivity contribution in [2.75, 3.05) is 12.4 Å². The molecule has 0 fully saturated rings. The number of carbonyl (C=O) groups excluding carboxylic acids is 1. The molecule has 0 aliphatic carbocycles. The second-order valence-electron chi connectivity index (χ2n) is 5.71. The van der Waals surface area contributed by atoms with Crippen LogP contribution in [-0.2, 0) is 0 Å². The van der Waals surface area contributed by atoms with Crippen LogP contribution in [0, 0.1) is 6.92 Å². The number of nitrogens with one attached hydrogen (secondary N) is 1. The maximum atomic E-state index is 12.4. The van der Waals surface area contributed by atoms with Crippen molar-refractivity contribution in [1.29, 1.82) is 0 Å². The Kier molecular flexibility index (Phi) is 5.04. The molecular formula is C20H17NO4S. The van der Waals surface area contributed by atoms with Crippen LogP contribution in [-0.4, -0.2) is 24.1 Å². The van der Waals surface area contributed by atoms with Gasteiger partial charge in [0.25, 0.3) is 5.91 Å². The highest BCUT2D eigenvalue weighted by molar-refractivity contribution is 7.15. The third-order valence-electron chi connectivity index (χ3n) is 3.95. The molecule has 132 valence electrons. The first-order chi connectivity index (χ1) is 12.5. The van der Waals surface area contributed by atoms with Crippen LogP contribution in [0.1, 0.15) is 26.3 Å². The molecule has 6 heteroatoms. The molecule has 0 aliphatic rings. The summed E-state index contributed by atoms with van der Waals surface area (Å²) < 4.78 is 5.13. The molecular weight excluding hydrogens is 350 g/mol. The summed E-state index contributed by atoms with van der Waals surface area (Å²) in [4.78, 5) is 24.2. The van der Waals surface area contributed by atoms with E-state index in [1.807, 2.05) is 19.1 Å². The fourth-order valence-corrected chi connectivity index (χ4v) is 3.48. The van der Waals surface area contributed by atoms with Crippen molar-refractivity contribution in [3.8, 4) is 16.9 Å². The lowest BCUT2D eigenvalue weighted by Crippen LogP contribution is -2.13. The number of methoxy groups -OCH3 is 1. The van der Waals surface area contributed by atoms with E-state index >= 15 is 0 Å². The molecule has 0 radical (unpaired) electrons. The highest BCUT2D eigenvalue weighted by Gasteiger charge is 2.21. The van der Waals surface area contributed by atoms with Gasteiger partial charge in [-0.15, -0.1) is 11.3 Å². The van der Waals surface area contributed by atoms with Gasteiger partial charge in [-0.25, -0.2) is 4.79 Å². The normalized spacial score (nSPS) is 10.4. The Bertz CT molecular complexity index is 943. The number of amides is 1. The average molecular weight is 367 g/mol. The van der Waals surface area contributed by atoms with Crippen molar-refractivity contribution in [3.63, 3.8) is 0 Å². The fraction of sp³-hybridized carbons (Fsp3) is 0.100. The Morgan fingerprint density at radius 2 is 1.69 bits per heavy atom. The van der Waals surface area contributed by atoms with Gasteiger partial charge in [0.15, 0.2) is 0 Å². The summed E-state index contributed by atoms with van der Waals surface area (Å²) in [6, 6.07) is 14.2. The molecule has 3 rings (SSSR count). The lowest BCUT2D eigenvalue weighted by Gasteiger charge is -2.07. The quantitative estimate of drug-likeness (QED) is 0.686. The Morgan fingerprint density at radius 1 is 1.04 bits per heavy atom. The summed E-state index contributed by atoms with van der Waals surface area (Å²) in [6.07, 6.45) is 0. The average Bonchev–Trinajstić information content (AvgIpc) is 3.06. The number of aromatic carboxylic acids is 1. The highest BCUT2D eigenvalue weighted by Crippen LogP contribution is 2.36. The Morgan fingerprint density at radius 3 is 2.27 bits per heavy atom. The van der Waals surface area contributed by atoms with E-state index in [1.54, 1.807) is 48.9 Å². The largest absolute Gasteiger partial charge is 0.497 e. The number of benzene rings is 2. The van der Waals surface area contributed by atoms with Crippen LogP contribution in [0.25, 0.3) is 11.1 Å². The zero-order valence-corrected chi connectivity index (χ0v) is 15.1. The summed E-state index contributed by atoms with van der Waals surface area (Å²) in [5.74, 6) is -0.736. The van der Waals surface area contributed by atoms with Crippen molar-refractivity contribution in [1.82, 2.24) is 0 Å². The first-order valence-electron chi connectivity index (χ1n) is 7.87. The molecule has 1 aromatic heterocycles. The van der Waals surface area contributed by atoms with E-state index in [-0.39, 0.29) is 11.5 Å². The van der Waals surface area contributed by atoms with E-state index in [9.17, 15) is 14.7 Å². The standard InChI is InChI=1S/C20H17NO4S/c1-12-3-5-14(6-4-12)18(22)21-19-17(20(23)24)16(11-26-19)13-7-9-15(25-2)10-8-13/h3-11H,1-2H3,(H,21,22)(H,23,24). The number of anilines is 1. The van der Waals surface area contributed by atoms with E-state index in [4.69, 9.17) is 4.74 Å². The van der Waals surface area contributed by atoms with Gasteiger partial charge in [-0.3, -0.25) is 4.79 Å². The molecule has 5 nitrogen and oxygen atoms in total. The molecule has 0 saturated carbocycles. The van der Waals surface area contributed by atoms with Gasteiger partial charge in [-0.05, 0) is 36.8 Å². The lowest BCUT2D eigenvalue weighted by atomic mass is 10.0. The van der Waals surface area contributed by atoms with Gasteiger partial charge in [-0.2, -0.15) is 0 Å². The fourth-order valence-electron chi connectivity index (χ4n) is 2.53. The van der Waals surface area contributed by atoms with Crippen LogP contribution in [0.4, 0.5) is 5.00 Å². The van der Waals surface area contributed by atoms with E-state index in [1.165, 1.54) is 11.3 Å². The molecule has 0 unspecified atom stereocenters. The van der Waals surface area contributed by atoms with Crippen molar-refractivity contribution in [2.24, 2.45) is 0 Å². The number of carboxylic acids is 1. The molecule has 2 N–H and O–H groups in total. The highest BCUT2D eigenvalue weighted by atomic mass is 32.1. The van der Waals surface area contributed by atoms with Crippen LogP contribution in [0.15, 0.2) is 53.9 Å². The smallest absolute Gasteiger partial charge is 0.339 e. The Labute approximate surface area is 154 Å². The molecule has 26 heavy (non-hydrogen) atoms. The molecule has 0 bridgehead atoms. The molecule has 1 amide bonds. The lowest BCUT2D eigenvalue weighted by molar-refractivity contribution is 0.0699. The van der Waals surface area contributed by atoms with Crippen molar-refractivity contribution < 1.29 is 19.4 Å². The Balaban J connectivity index is 1.93. The summed E-state index contributed by atoms with van der Waals surface area (Å²) in [5.41, 5.74) is 2.91. The first kappa shape index (κ1) is 17.7. The monoisotopic (exact) mass is 367 g/mol. The number of aryl methyl sites for hydroxylation is 1. The SMILES string of the molecule is COc1ccc(-c2csc(NC(=O)c3ccc(C)cc3)c2C(=O)O)cc1. The second kappa shape index (κ2) is 7.41. The first-order valence-corrected chi connectivity index (χ1v) is 8.75. The topological polar surface area (TPSA) is 75.6 Å². The van der Waals surface area contributed by atoms with Crippen molar-refractivity contribution in [3.05, 3.63) is 70.6 Å². The predicted octanol–water partition coefficient (Wildman–Crippen LogP) is 4.68. The number of carboxylic acid groups (broad SMARTS) is 1. The molecule has 0 spiro atoms. The van der Waals surface area contributed by atoms with Gasteiger partial charge in [-0.1, -0.05) is 29.8 Å². The number of hydrogen-bond acceptors (Lipinski definition) is 4. The van der Waals surface area contributed by atoms with Gasteiger partial charge >= 0.3 is 5.97 Å². The molecule has 2 aromatic carbocycles. The number of carbonyl (C=O) groups is 2. The summed E-state index contributed by atoms with van der Waals surface area (Å²) in [5, 5.41) is 14.4. The van der Waals surface area contributed by atoms with Gasteiger partial charge in [0.1, 0.15) is 16.3 Å². The van der Waals surface area contributed by atoms with Crippen LogP contribution in [0.5, 0.6) is 5.75 Å². The van der Waals surface area contributed by atoms with E-state index in [0.717, 1.165) is 11.1 Å². The van der Waals surface area contributed by atoms with Crippen molar-refractivity contribution in [2.45, 2.75) is 6.92 Å². The van der Waals surface area contributed by atoms with E-state index in [2.05, 4.69) is 5.32 Å². The van der Waals surface area contributed by atoms with Gasteiger partial charge < -0.3 is 15.2 Å². The number of rotatable bonds is 5. The van der Waals surface area contributed by atoms with Crippen molar-refractivity contribution >= 4 is 28.2 Å². The summed E-state index contributed by atoms with van der Waals surface area (Å²) >= 11 is 1.19. The molecule has 3 aromatic rings. The van der Waals surface area contributed by atoms with Crippen LogP contribution in [0.2, 0.25) is 0 Å². The minimum absolute atomic E-state index is 0.0839. The zero-order chi connectivity index (χ0) is 18.7. The maximum Gasteiger partial charge on any atom is 0.339 e. The molecule has 0 saturated heterocycles.